The van der Waals surface area contributed by atoms with Crippen molar-refractivity contribution in [3.63, 3.8) is 0 Å². The number of carboxylic acid groups (broad SMARTS) is 1. The quantitative estimate of drug-likeness (QED) is 0.223. The van der Waals surface area contributed by atoms with Crippen LogP contribution >= 0.6 is 0 Å². The average Bonchev–Trinajstić information content (AvgIpc) is 2.37. The fourth-order valence-corrected chi connectivity index (χ4v) is 1.07. The van der Waals surface area contributed by atoms with Gasteiger partial charge in [0.1, 0.15) is 0 Å². The molecule has 2 atom stereocenters. The van der Waals surface area contributed by atoms with Crippen molar-refractivity contribution in [1.82, 2.24) is 0 Å². The number of aliphatic carboxylic acids is 1. The number of aliphatic hydroxyl groups is 4. The number of esters is 1. The lowest BCUT2D eigenvalue weighted by atomic mass is 10.2. The summed E-state index contributed by atoms with van der Waals surface area (Å²) in [5.41, 5.74) is 0. The fraction of sp³-hybridized carbons (Fsp3) is 0.833. The average molecular weight is 296 g/mol. The summed E-state index contributed by atoms with van der Waals surface area (Å²) in [4.78, 5) is 20.6. The van der Waals surface area contributed by atoms with Gasteiger partial charge in [-0.2, -0.15) is 0 Å². The van der Waals surface area contributed by atoms with Gasteiger partial charge in [0, 0.05) is 0 Å². The number of hydrogen-bond acceptors (Lipinski definition) is 7. The lowest BCUT2D eigenvalue weighted by Crippen LogP contribution is -2.40. The number of carbonyl (C=O) groups is 2. The molecule has 120 valence electrons. The van der Waals surface area contributed by atoms with Gasteiger partial charge in [0.15, 0.2) is 18.5 Å². The van der Waals surface area contributed by atoms with Crippen molar-refractivity contribution in [3.05, 3.63) is 0 Å². The van der Waals surface area contributed by atoms with Gasteiger partial charge in [0.05, 0.1) is 6.61 Å². The maximum absolute atomic E-state index is 10.6. The summed E-state index contributed by atoms with van der Waals surface area (Å²) in [5, 5.41) is 42.2. The maximum Gasteiger partial charge on any atom is 0.338 e. The molecule has 2 unspecified atom stereocenters. The number of hydrogen-bond donors (Lipinski definition) is 5. The number of carboxylic acids is 1. The Labute approximate surface area is 117 Å². The molecule has 0 aromatic heterocycles. The predicted molar refractivity (Wildman–Crippen MR) is 68.7 cm³/mol. The van der Waals surface area contributed by atoms with Crippen LogP contribution in [0.1, 0.15) is 39.5 Å². The van der Waals surface area contributed by atoms with Crippen LogP contribution in [0.25, 0.3) is 0 Å². The summed E-state index contributed by atoms with van der Waals surface area (Å²) >= 11 is 0. The van der Waals surface area contributed by atoms with Crippen molar-refractivity contribution in [3.8, 4) is 0 Å². The van der Waals surface area contributed by atoms with Crippen molar-refractivity contribution in [2.24, 2.45) is 0 Å². The van der Waals surface area contributed by atoms with Gasteiger partial charge in [0.25, 0.3) is 0 Å². The van der Waals surface area contributed by atoms with Gasteiger partial charge in [-0.1, -0.05) is 19.8 Å². The number of aliphatic hydroxyl groups excluding tert-OH is 3. The molecule has 20 heavy (non-hydrogen) atoms. The maximum atomic E-state index is 10.6. The number of carbonyl (C=O) groups excluding carboxylic acids is 1. The summed E-state index contributed by atoms with van der Waals surface area (Å²) in [6.07, 6.45) is -1.58. The zero-order valence-corrected chi connectivity index (χ0v) is 11.7. The van der Waals surface area contributed by atoms with Crippen molar-refractivity contribution in [2.75, 3.05) is 6.61 Å². The van der Waals surface area contributed by atoms with Crippen molar-refractivity contribution < 1.29 is 39.9 Å². The second-order valence-corrected chi connectivity index (χ2v) is 3.96. The van der Waals surface area contributed by atoms with Crippen LogP contribution in [0.2, 0.25) is 0 Å². The van der Waals surface area contributed by atoms with Crippen LogP contribution < -0.4 is 0 Å². The molecule has 0 saturated heterocycles. The van der Waals surface area contributed by atoms with E-state index >= 15 is 0 Å². The van der Waals surface area contributed by atoms with Gasteiger partial charge >= 0.3 is 11.9 Å². The highest BCUT2D eigenvalue weighted by Gasteiger charge is 2.30. The summed E-state index contributed by atoms with van der Waals surface area (Å²) in [5.74, 6) is -2.82. The largest absolute Gasteiger partial charge is 0.479 e. The molecule has 0 aliphatic heterocycles. The molecule has 0 aliphatic carbocycles. The third-order valence-electron chi connectivity index (χ3n) is 2.15. The van der Waals surface area contributed by atoms with E-state index in [2.05, 4.69) is 11.7 Å². The van der Waals surface area contributed by atoms with E-state index in [0.717, 1.165) is 19.3 Å². The van der Waals surface area contributed by atoms with Crippen LogP contribution in [-0.2, 0) is 14.3 Å². The molecule has 0 spiro atoms. The minimum Gasteiger partial charge on any atom is -0.479 e. The molecule has 0 rings (SSSR count). The van der Waals surface area contributed by atoms with Crippen LogP contribution in [0.5, 0.6) is 0 Å². The summed E-state index contributed by atoms with van der Waals surface area (Å²) in [6.45, 7) is 3.60. The van der Waals surface area contributed by atoms with E-state index < -0.39 is 30.4 Å². The van der Waals surface area contributed by atoms with Gasteiger partial charge in [0.2, 0.25) is 0 Å². The summed E-state index contributed by atoms with van der Waals surface area (Å²) in [6, 6.07) is 0. The first-order chi connectivity index (χ1) is 9.27. The van der Waals surface area contributed by atoms with Crippen molar-refractivity contribution >= 4 is 11.9 Å². The van der Waals surface area contributed by atoms with E-state index in [1.807, 2.05) is 0 Å². The Balaban J connectivity index is 0. The van der Waals surface area contributed by atoms with Gasteiger partial charge in [-0.3, -0.25) is 0 Å². The third kappa shape index (κ3) is 11.8. The molecule has 0 radical (unpaired) electrons. The molecule has 0 aliphatic rings. The van der Waals surface area contributed by atoms with E-state index in [4.69, 9.17) is 25.5 Å². The minimum absolute atomic E-state index is 0.0161. The van der Waals surface area contributed by atoms with Crippen molar-refractivity contribution in [2.45, 2.75) is 58.0 Å². The van der Waals surface area contributed by atoms with Crippen molar-refractivity contribution in [1.29, 1.82) is 0 Å². The Morgan fingerprint density at radius 1 is 1.00 bits per heavy atom. The standard InChI is InChI=1S/C6H10O6.C6H14O2/c1-2-12-6(11)4(8)3(7)5(9)10;1-2-3-4-5-6(7)8/h3-4,7-8H,2H2,1H3,(H,9,10);6-8H,2-5H2,1H3. The topological polar surface area (TPSA) is 145 Å². The smallest absolute Gasteiger partial charge is 0.338 e. The SMILES string of the molecule is CCCCCC(O)O.CCOC(=O)C(O)C(O)C(=O)O. The van der Waals surface area contributed by atoms with Crippen LogP contribution in [-0.4, -0.2) is 62.6 Å². The first kappa shape index (κ1) is 21.1. The van der Waals surface area contributed by atoms with Crippen LogP contribution in [0, 0.1) is 0 Å². The molecular weight excluding hydrogens is 272 g/mol. The van der Waals surface area contributed by atoms with E-state index in [0.29, 0.717) is 6.42 Å². The van der Waals surface area contributed by atoms with Gasteiger partial charge in [-0.05, 0) is 19.8 Å². The zero-order chi connectivity index (χ0) is 16.1. The third-order valence-corrected chi connectivity index (χ3v) is 2.15. The lowest BCUT2D eigenvalue weighted by Gasteiger charge is -2.11. The zero-order valence-electron chi connectivity index (χ0n) is 11.7. The predicted octanol–water partition coefficient (Wildman–Crippen LogP) is -0.767. The molecule has 0 fully saturated rings. The highest BCUT2D eigenvalue weighted by molar-refractivity contribution is 5.84. The van der Waals surface area contributed by atoms with Crippen LogP contribution in [0.3, 0.4) is 0 Å². The van der Waals surface area contributed by atoms with E-state index in [9.17, 15) is 9.59 Å². The Kier molecular flexibility index (Phi) is 13.5. The Bertz CT molecular complexity index is 266. The Morgan fingerprint density at radius 3 is 1.90 bits per heavy atom. The number of unbranched alkanes of at least 4 members (excludes halogenated alkanes) is 2. The molecule has 5 N–H and O–H groups in total. The second-order valence-electron chi connectivity index (χ2n) is 3.96. The summed E-state index contributed by atoms with van der Waals surface area (Å²) in [7, 11) is 0. The Morgan fingerprint density at radius 2 is 1.55 bits per heavy atom. The molecular formula is C12H24O8. The normalized spacial score (nSPS) is 13.2. The Hall–Kier alpha value is -1.22. The van der Waals surface area contributed by atoms with E-state index in [-0.39, 0.29) is 6.61 Å². The molecule has 0 aromatic carbocycles. The summed E-state index contributed by atoms with van der Waals surface area (Å²) < 4.78 is 4.26. The highest BCUT2D eigenvalue weighted by atomic mass is 16.5. The second kappa shape index (κ2) is 12.8. The molecule has 0 saturated carbocycles. The first-order valence-electron chi connectivity index (χ1n) is 6.39. The van der Waals surface area contributed by atoms with E-state index in [1.54, 1.807) is 0 Å². The lowest BCUT2D eigenvalue weighted by molar-refractivity contribution is -0.169. The highest BCUT2D eigenvalue weighted by Crippen LogP contribution is 2.00. The van der Waals surface area contributed by atoms with Crippen LogP contribution in [0.15, 0.2) is 0 Å². The minimum atomic E-state index is -2.14. The van der Waals surface area contributed by atoms with Gasteiger partial charge in [-0.15, -0.1) is 0 Å². The first-order valence-corrected chi connectivity index (χ1v) is 6.39. The van der Waals surface area contributed by atoms with Gasteiger partial charge in [-0.25, -0.2) is 9.59 Å². The van der Waals surface area contributed by atoms with Gasteiger partial charge < -0.3 is 30.3 Å². The van der Waals surface area contributed by atoms with E-state index in [1.165, 1.54) is 6.92 Å². The number of ether oxygens (including phenoxy) is 1. The molecule has 0 heterocycles. The molecule has 8 heteroatoms. The molecule has 0 amide bonds. The number of rotatable bonds is 8. The molecule has 0 aromatic rings. The molecule has 8 nitrogen and oxygen atoms in total. The molecule has 0 bridgehead atoms. The fourth-order valence-electron chi connectivity index (χ4n) is 1.07. The van der Waals surface area contributed by atoms with Crippen LogP contribution in [0.4, 0.5) is 0 Å². The monoisotopic (exact) mass is 296 g/mol.